The van der Waals surface area contributed by atoms with Gasteiger partial charge in [-0.05, 0) is 55.5 Å². The van der Waals surface area contributed by atoms with Crippen molar-refractivity contribution in [3.63, 3.8) is 0 Å². The highest BCUT2D eigenvalue weighted by atomic mass is 16.2. The van der Waals surface area contributed by atoms with E-state index in [0.717, 1.165) is 18.5 Å². The smallest absolute Gasteiger partial charge is 0.253 e. The van der Waals surface area contributed by atoms with Crippen molar-refractivity contribution in [1.29, 1.82) is 0 Å². The van der Waals surface area contributed by atoms with Gasteiger partial charge in [0.1, 0.15) is 6.54 Å². The summed E-state index contributed by atoms with van der Waals surface area (Å²) in [6.07, 6.45) is 5.03. The second-order valence-corrected chi connectivity index (χ2v) is 5.51. The zero-order valence-corrected chi connectivity index (χ0v) is 12.1. The molecule has 0 saturated heterocycles. The van der Waals surface area contributed by atoms with Gasteiger partial charge in [0, 0.05) is 17.4 Å². The molecule has 21 heavy (non-hydrogen) atoms. The van der Waals surface area contributed by atoms with Gasteiger partial charge in [0.2, 0.25) is 5.91 Å². The number of rotatable bonds is 3. The van der Waals surface area contributed by atoms with Crippen molar-refractivity contribution in [3.8, 4) is 0 Å². The summed E-state index contributed by atoms with van der Waals surface area (Å²) in [4.78, 5) is 24.0. The molecule has 1 amide bonds. The normalized spacial score (nSPS) is 13.0. The highest BCUT2D eigenvalue weighted by molar-refractivity contribution is 5.90. The Morgan fingerprint density at radius 1 is 1.24 bits per heavy atom. The number of amides is 1. The number of aromatic nitrogens is 1. The van der Waals surface area contributed by atoms with Crippen molar-refractivity contribution < 1.29 is 4.79 Å². The molecule has 2 aromatic rings. The summed E-state index contributed by atoms with van der Waals surface area (Å²) in [6, 6.07) is 9.58. The second kappa shape index (κ2) is 5.56. The van der Waals surface area contributed by atoms with E-state index in [1.807, 2.05) is 12.1 Å². The Bertz CT molecular complexity index is 747. The quantitative estimate of drug-likeness (QED) is 0.939. The van der Waals surface area contributed by atoms with Gasteiger partial charge in [-0.25, -0.2) is 0 Å². The maximum Gasteiger partial charge on any atom is 0.253 e. The first-order chi connectivity index (χ1) is 10.1. The van der Waals surface area contributed by atoms with Crippen molar-refractivity contribution in [2.75, 3.05) is 5.32 Å². The molecule has 3 rings (SSSR count). The minimum atomic E-state index is -0.180. The van der Waals surface area contributed by atoms with Crippen LogP contribution >= 0.6 is 0 Å². The predicted molar refractivity (Wildman–Crippen MR) is 82.5 cm³/mol. The third-order valence-electron chi connectivity index (χ3n) is 3.91. The SMILES string of the molecule is Cc1cccn(CC(=O)Nc2ccc3c(c2)CCC3)c1=O. The zero-order chi connectivity index (χ0) is 14.8. The summed E-state index contributed by atoms with van der Waals surface area (Å²) in [7, 11) is 0. The molecule has 1 heterocycles. The number of carbonyl (C=O) groups is 1. The van der Waals surface area contributed by atoms with Crippen LogP contribution in [0.5, 0.6) is 0 Å². The highest BCUT2D eigenvalue weighted by Gasteiger charge is 2.12. The minimum Gasteiger partial charge on any atom is -0.325 e. The largest absolute Gasteiger partial charge is 0.325 e. The maximum atomic E-state index is 12.1. The first-order valence-electron chi connectivity index (χ1n) is 7.21. The number of fused-ring (bicyclic) bond motifs is 1. The summed E-state index contributed by atoms with van der Waals surface area (Å²) >= 11 is 0. The average Bonchev–Trinajstić information content (AvgIpc) is 2.91. The van der Waals surface area contributed by atoms with Crippen molar-refractivity contribution in [2.24, 2.45) is 0 Å². The number of anilines is 1. The number of hydrogen-bond acceptors (Lipinski definition) is 2. The molecule has 4 nitrogen and oxygen atoms in total. The molecule has 108 valence electrons. The van der Waals surface area contributed by atoms with Crippen LogP contribution in [0.1, 0.15) is 23.1 Å². The molecule has 0 saturated carbocycles. The Hall–Kier alpha value is -2.36. The third kappa shape index (κ3) is 2.89. The number of carbonyl (C=O) groups excluding carboxylic acids is 1. The first kappa shape index (κ1) is 13.6. The maximum absolute atomic E-state index is 12.1. The van der Waals surface area contributed by atoms with E-state index in [9.17, 15) is 9.59 Å². The van der Waals surface area contributed by atoms with Crippen LogP contribution in [-0.2, 0) is 24.2 Å². The molecule has 4 heteroatoms. The molecule has 0 aliphatic heterocycles. The van der Waals surface area contributed by atoms with Crippen molar-refractivity contribution >= 4 is 11.6 Å². The van der Waals surface area contributed by atoms with Crippen LogP contribution in [-0.4, -0.2) is 10.5 Å². The number of nitrogens with zero attached hydrogens (tertiary/aromatic N) is 1. The standard InChI is InChI=1S/C17H18N2O2/c1-12-4-3-9-19(17(12)21)11-16(20)18-15-8-7-13-5-2-6-14(13)10-15/h3-4,7-10H,2,5-6,11H2,1H3,(H,18,20). The van der Waals surface area contributed by atoms with Crippen LogP contribution in [0.4, 0.5) is 5.69 Å². The molecule has 1 aromatic heterocycles. The summed E-state index contributed by atoms with van der Waals surface area (Å²) < 4.78 is 1.43. The van der Waals surface area contributed by atoms with E-state index in [-0.39, 0.29) is 18.0 Å². The summed E-state index contributed by atoms with van der Waals surface area (Å²) in [6.45, 7) is 1.79. The van der Waals surface area contributed by atoms with Gasteiger partial charge < -0.3 is 9.88 Å². The molecule has 0 radical (unpaired) electrons. The fourth-order valence-corrected chi connectivity index (χ4v) is 2.79. The molecule has 0 atom stereocenters. The van der Waals surface area contributed by atoms with E-state index in [1.165, 1.54) is 22.1 Å². The predicted octanol–water partition coefficient (Wildman–Crippen LogP) is 2.28. The zero-order valence-electron chi connectivity index (χ0n) is 12.1. The van der Waals surface area contributed by atoms with Gasteiger partial charge in [0.25, 0.3) is 5.56 Å². The van der Waals surface area contributed by atoms with Crippen LogP contribution in [0, 0.1) is 6.92 Å². The third-order valence-corrected chi connectivity index (χ3v) is 3.91. The number of hydrogen-bond donors (Lipinski definition) is 1. The monoisotopic (exact) mass is 282 g/mol. The number of pyridine rings is 1. The first-order valence-corrected chi connectivity index (χ1v) is 7.21. The van der Waals surface area contributed by atoms with Crippen LogP contribution in [0.3, 0.4) is 0 Å². The molecule has 1 N–H and O–H groups in total. The Morgan fingerprint density at radius 2 is 2.05 bits per heavy atom. The molecule has 1 aromatic carbocycles. The average molecular weight is 282 g/mol. The lowest BCUT2D eigenvalue weighted by Crippen LogP contribution is -2.28. The van der Waals surface area contributed by atoms with E-state index in [0.29, 0.717) is 5.56 Å². The van der Waals surface area contributed by atoms with Gasteiger partial charge >= 0.3 is 0 Å². The summed E-state index contributed by atoms with van der Waals surface area (Å²) in [5.41, 5.74) is 4.02. The number of nitrogens with one attached hydrogen (secondary N) is 1. The van der Waals surface area contributed by atoms with E-state index in [2.05, 4.69) is 11.4 Å². The molecule has 0 fully saturated rings. The summed E-state index contributed by atoms with van der Waals surface area (Å²) in [5.74, 6) is -0.180. The molecule has 0 unspecified atom stereocenters. The lowest BCUT2D eigenvalue weighted by molar-refractivity contribution is -0.116. The Morgan fingerprint density at radius 3 is 2.90 bits per heavy atom. The molecule has 1 aliphatic carbocycles. The van der Waals surface area contributed by atoms with E-state index in [4.69, 9.17) is 0 Å². The molecule has 1 aliphatic rings. The number of benzene rings is 1. The number of aryl methyl sites for hydroxylation is 3. The highest BCUT2D eigenvalue weighted by Crippen LogP contribution is 2.24. The van der Waals surface area contributed by atoms with Crippen LogP contribution in [0.15, 0.2) is 41.3 Å². The van der Waals surface area contributed by atoms with Crippen molar-refractivity contribution in [1.82, 2.24) is 4.57 Å². The molecular weight excluding hydrogens is 264 g/mol. The van der Waals surface area contributed by atoms with Gasteiger partial charge in [-0.3, -0.25) is 9.59 Å². The van der Waals surface area contributed by atoms with Gasteiger partial charge in [-0.15, -0.1) is 0 Å². The fraction of sp³-hybridized carbons (Fsp3) is 0.294. The van der Waals surface area contributed by atoms with Crippen molar-refractivity contribution in [3.05, 3.63) is 63.6 Å². The topological polar surface area (TPSA) is 51.1 Å². The van der Waals surface area contributed by atoms with Gasteiger partial charge in [-0.1, -0.05) is 12.1 Å². The Labute approximate surface area is 123 Å². The Balaban J connectivity index is 1.72. The van der Waals surface area contributed by atoms with E-state index < -0.39 is 0 Å². The Kier molecular flexibility index (Phi) is 3.60. The lowest BCUT2D eigenvalue weighted by atomic mass is 10.1. The van der Waals surface area contributed by atoms with Crippen molar-refractivity contribution in [2.45, 2.75) is 32.7 Å². The molecular formula is C17H18N2O2. The van der Waals surface area contributed by atoms with Crippen LogP contribution in [0.25, 0.3) is 0 Å². The van der Waals surface area contributed by atoms with E-state index >= 15 is 0 Å². The van der Waals surface area contributed by atoms with E-state index in [1.54, 1.807) is 25.3 Å². The lowest BCUT2D eigenvalue weighted by Gasteiger charge is -2.09. The fourth-order valence-electron chi connectivity index (χ4n) is 2.79. The van der Waals surface area contributed by atoms with Crippen LogP contribution in [0.2, 0.25) is 0 Å². The van der Waals surface area contributed by atoms with Crippen LogP contribution < -0.4 is 10.9 Å². The van der Waals surface area contributed by atoms with Gasteiger partial charge in [0.05, 0.1) is 0 Å². The summed E-state index contributed by atoms with van der Waals surface area (Å²) in [5, 5.41) is 2.87. The molecule has 0 bridgehead atoms. The molecule has 0 spiro atoms. The second-order valence-electron chi connectivity index (χ2n) is 5.51. The van der Waals surface area contributed by atoms with Gasteiger partial charge in [-0.2, -0.15) is 0 Å². The van der Waals surface area contributed by atoms with Gasteiger partial charge in [0.15, 0.2) is 0 Å². The minimum absolute atomic E-state index is 0.0393.